The van der Waals surface area contributed by atoms with Crippen molar-refractivity contribution >= 4 is 23.5 Å². The molecule has 5 N–H and O–H groups in total. The molecule has 110 valence electrons. The molecule has 6 heteroatoms. The smallest absolute Gasteiger partial charge is 0.153 e. The first-order valence-corrected chi connectivity index (χ1v) is 6.84. The summed E-state index contributed by atoms with van der Waals surface area (Å²) in [5.74, 6) is 0.980. The summed E-state index contributed by atoms with van der Waals surface area (Å²) in [6.07, 6.45) is 3.28. The highest BCUT2D eigenvalue weighted by molar-refractivity contribution is 5.83. The number of hydrogen-bond acceptors (Lipinski definition) is 6. The first-order chi connectivity index (χ1) is 10.1. The molecule has 1 heterocycles. The molecule has 6 nitrogen and oxygen atoms in total. The average Bonchev–Trinajstić information content (AvgIpc) is 2.46. The van der Waals surface area contributed by atoms with E-state index in [1.165, 1.54) is 0 Å². The van der Waals surface area contributed by atoms with Crippen molar-refractivity contribution in [2.75, 3.05) is 23.3 Å². The molecule has 0 saturated heterocycles. The minimum Gasteiger partial charge on any atom is -0.399 e. The second-order valence-corrected chi connectivity index (χ2v) is 4.69. The lowest BCUT2D eigenvalue weighted by molar-refractivity contribution is 0.872. The number of aliphatic imine (C=N–C) groups is 1. The SMILES string of the molecule is CCN=Cc1ncc(NC(C)c2cccc(N)c2)nc1N. The zero-order valence-electron chi connectivity index (χ0n) is 12.2. The van der Waals surface area contributed by atoms with Crippen LogP contribution in [0.3, 0.4) is 0 Å². The van der Waals surface area contributed by atoms with E-state index in [0.717, 1.165) is 11.3 Å². The molecule has 1 aromatic carbocycles. The van der Waals surface area contributed by atoms with Crippen LogP contribution in [0.15, 0.2) is 35.5 Å². The van der Waals surface area contributed by atoms with Crippen LogP contribution in [0.2, 0.25) is 0 Å². The van der Waals surface area contributed by atoms with Crippen molar-refractivity contribution in [3.05, 3.63) is 41.7 Å². The Bertz CT molecular complexity index is 638. The van der Waals surface area contributed by atoms with Crippen molar-refractivity contribution < 1.29 is 0 Å². The van der Waals surface area contributed by atoms with Gasteiger partial charge in [0.15, 0.2) is 5.82 Å². The van der Waals surface area contributed by atoms with E-state index in [1.54, 1.807) is 12.4 Å². The molecule has 0 saturated carbocycles. The summed E-state index contributed by atoms with van der Waals surface area (Å²) in [6.45, 7) is 4.66. The van der Waals surface area contributed by atoms with Crippen molar-refractivity contribution in [1.82, 2.24) is 9.97 Å². The normalized spacial score (nSPS) is 12.5. The highest BCUT2D eigenvalue weighted by Crippen LogP contribution is 2.20. The van der Waals surface area contributed by atoms with Gasteiger partial charge in [0.2, 0.25) is 0 Å². The van der Waals surface area contributed by atoms with E-state index in [1.807, 2.05) is 38.1 Å². The lowest BCUT2D eigenvalue weighted by Gasteiger charge is -2.15. The highest BCUT2D eigenvalue weighted by atomic mass is 15.1. The number of nitrogens with zero attached hydrogens (tertiary/aromatic N) is 3. The molecule has 0 aliphatic rings. The van der Waals surface area contributed by atoms with Gasteiger partial charge in [0.1, 0.15) is 11.5 Å². The monoisotopic (exact) mass is 284 g/mol. The second-order valence-electron chi connectivity index (χ2n) is 4.69. The molecular formula is C15H20N6. The predicted molar refractivity (Wildman–Crippen MR) is 87.5 cm³/mol. The van der Waals surface area contributed by atoms with E-state index in [9.17, 15) is 0 Å². The summed E-state index contributed by atoms with van der Waals surface area (Å²) in [7, 11) is 0. The van der Waals surface area contributed by atoms with Crippen molar-refractivity contribution in [2.45, 2.75) is 19.9 Å². The summed E-state index contributed by atoms with van der Waals surface area (Å²) < 4.78 is 0. The number of benzene rings is 1. The summed E-state index contributed by atoms with van der Waals surface area (Å²) in [5, 5.41) is 3.26. The number of nitrogen functional groups attached to an aromatic ring is 2. The highest BCUT2D eigenvalue weighted by Gasteiger charge is 2.08. The van der Waals surface area contributed by atoms with Gasteiger partial charge in [-0.05, 0) is 31.5 Å². The molecule has 1 atom stereocenters. The van der Waals surface area contributed by atoms with Crippen LogP contribution in [-0.4, -0.2) is 22.7 Å². The third kappa shape index (κ3) is 3.92. The van der Waals surface area contributed by atoms with Crippen LogP contribution in [0.5, 0.6) is 0 Å². The van der Waals surface area contributed by atoms with Gasteiger partial charge in [-0.1, -0.05) is 12.1 Å². The molecule has 0 spiro atoms. The van der Waals surface area contributed by atoms with E-state index in [-0.39, 0.29) is 6.04 Å². The average molecular weight is 284 g/mol. The molecule has 2 rings (SSSR count). The Balaban J connectivity index is 2.13. The van der Waals surface area contributed by atoms with Crippen molar-refractivity contribution in [1.29, 1.82) is 0 Å². The van der Waals surface area contributed by atoms with Crippen LogP contribution in [0.4, 0.5) is 17.3 Å². The first kappa shape index (κ1) is 14.8. The number of nitrogens with one attached hydrogen (secondary N) is 1. The van der Waals surface area contributed by atoms with Gasteiger partial charge < -0.3 is 16.8 Å². The second kappa shape index (κ2) is 6.69. The molecule has 1 aromatic heterocycles. The van der Waals surface area contributed by atoms with Gasteiger partial charge in [0.25, 0.3) is 0 Å². The van der Waals surface area contributed by atoms with Crippen LogP contribution >= 0.6 is 0 Å². The fourth-order valence-corrected chi connectivity index (χ4v) is 1.89. The zero-order valence-corrected chi connectivity index (χ0v) is 12.2. The number of anilines is 3. The zero-order chi connectivity index (χ0) is 15.2. The van der Waals surface area contributed by atoms with Crippen molar-refractivity contribution in [3.8, 4) is 0 Å². The van der Waals surface area contributed by atoms with Gasteiger partial charge in [-0.15, -0.1) is 0 Å². The standard InChI is InChI=1S/C15H20N6/c1-3-18-8-13-15(17)21-14(9-19-13)20-10(2)11-5-4-6-12(16)7-11/h4-10H,3,16H2,1-2H3,(H3,17,20,21). The van der Waals surface area contributed by atoms with Gasteiger partial charge in [-0.3, -0.25) is 4.99 Å². The van der Waals surface area contributed by atoms with Crippen LogP contribution in [-0.2, 0) is 0 Å². The summed E-state index contributed by atoms with van der Waals surface area (Å²) >= 11 is 0. The molecule has 21 heavy (non-hydrogen) atoms. The van der Waals surface area contributed by atoms with E-state index < -0.39 is 0 Å². The Morgan fingerprint density at radius 1 is 1.38 bits per heavy atom. The Morgan fingerprint density at radius 3 is 2.86 bits per heavy atom. The number of hydrogen-bond donors (Lipinski definition) is 3. The Hall–Kier alpha value is -2.63. The number of aromatic nitrogens is 2. The summed E-state index contributed by atoms with van der Waals surface area (Å²) in [4.78, 5) is 12.7. The third-order valence-corrected chi connectivity index (χ3v) is 3.00. The lowest BCUT2D eigenvalue weighted by Crippen LogP contribution is -2.10. The number of nitrogens with two attached hydrogens (primary N) is 2. The van der Waals surface area contributed by atoms with Crippen molar-refractivity contribution in [2.24, 2.45) is 4.99 Å². The predicted octanol–water partition coefficient (Wildman–Crippen LogP) is 2.25. The molecule has 0 bridgehead atoms. The topological polar surface area (TPSA) is 102 Å². The number of rotatable bonds is 5. The summed E-state index contributed by atoms with van der Waals surface area (Å²) in [6, 6.07) is 7.77. The molecule has 0 aliphatic heterocycles. The van der Waals surface area contributed by atoms with Crippen LogP contribution in [0.25, 0.3) is 0 Å². The largest absolute Gasteiger partial charge is 0.399 e. The maximum absolute atomic E-state index is 5.88. The fourth-order valence-electron chi connectivity index (χ4n) is 1.89. The fraction of sp³-hybridized carbons (Fsp3) is 0.267. The van der Waals surface area contributed by atoms with Gasteiger partial charge in [0.05, 0.1) is 18.5 Å². The molecule has 1 unspecified atom stereocenters. The van der Waals surface area contributed by atoms with Gasteiger partial charge in [-0.25, -0.2) is 9.97 Å². The minimum atomic E-state index is 0.0531. The van der Waals surface area contributed by atoms with E-state index in [0.29, 0.717) is 23.9 Å². The molecule has 0 amide bonds. The van der Waals surface area contributed by atoms with Crippen molar-refractivity contribution in [3.63, 3.8) is 0 Å². The molecule has 0 fully saturated rings. The van der Waals surface area contributed by atoms with Crippen LogP contribution < -0.4 is 16.8 Å². The van der Waals surface area contributed by atoms with Gasteiger partial charge >= 0.3 is 0 Å². The van der Waals surface area contributed by atoms with E-state index >= 15 is 0 Å². The maximum Gasteiger partial charge on any atom is 0.153 e. The quantitative estimate of drug-likeness (QED) is 0.577. The molecule has 0 radical (unpaired) electrons. The molecule has 0 aliphatic carbocycles. The van der Waals surface area contributed by atoms with Gasteiger partial charge in [0, 0.05) is 12.2 Å². The van der Waals surface area contributed by atoms with E-state index in [2.05, 4.69) is 20.3 Å². The van der Waals surface area contributed by atoms with E-state index in [4.69, 9.17) is 11.5 Å². The Labute approximate surface area is 124 Å². The third-order valence-electron chi connectivity index (χ3n) is 3.00. The lowest BCUT2D eigenvalue weighted by atomic mass is 10.1. The first-order valence-electron chi connectivity index (χ1n) is 6.84. The Kier molecular flexibility index (Phi) is 4.71. The minimum absolute atomic E-state index is 0.0531. The van der Waals surface area contributed by atoms with Gasteiger partial charge in [-0.2, -0.15) is 0 Å². The summed E-state index contributed by atoms with van der Waals surface area (Å²) in [5.41, 5.74) is 14.1. The maximum atomic E-state index is 5.88. The molecule has 2 aromatic rings. The van der Waals surface area contributed by atoms with Crippen LogP contribution in [0, 0.1) is 0 Å². The van der Waals surface area contributed by atoms with Crippen LogP contribution in [0.1, 0.15) is 31.1 Å². The Morgan fingerprint density at radius 2 is 2.19 bits per heavy atom. The molecular weight excluding hydrogens is 264 g/mol.